The molecule has 1 aromatic rings. The molecular formula is C17H24ClNO2. The third kappa shape index (κ3) is 3.11. The summed E-state index contributed by atoms with van der Waals surface area (Å²) >= 11 is 6.16. The normalized spacial score (nSPS) is 30.7. The van der Waals surface area contributed by atoms with E-state index in [1.807, 2.05) is 13.1 Å². The first-order valence-corrected chi connectivity index (χ1v) is 8.16. The third-order valence-electron chi connectivity index (χ3n) is 4.92. The largest absolute Gasteiger partial charge is 0.378 e. The van der Waals surface area contributed by atoms with E-state index in [1.165, 1.54) is 5.56 Å². The lowest BCUT2D eigenvalue weighted by atomic mass is 9.79. The lowest BCUT2D eigenvalue weighted by Gasteiger charge is -2.40. The van der Waals surface area contributed by atoms with E-state index in [9.17, 15) is 0 Å². The van der Waals surface area contributed by atoms with Crippen LogP contribution in [0.25, 0.3) is 0 Å². The van der Waals surface area contributed by atoms with Crippen LogP contribution in [-0.4, -0.2) is 32.5 Å². The van der Waals surface area contributed by atoms with Crippen molar-refractivity contribution in [2.24, 2.45) is 5.92 Å². The Hall–Kier alpha value is -0.610. The molecule has 1 aromatic carbocycles. The van der Waals surface area contributed by atoms with Crippen molar-refractivity contribution in [1.29, 1.82) is 0 Å². The molecule has 3 unspecified atom stereocenters. The average molecular weight is 310 g/mol. The average Bonchev–Trinajstić information content (AvgIpc) is 2.91. The molecule has 0 radical (unpaired) electrons. The van der Waals surface area contributed by atoms with Crippen LogP contribution in [0.5, 0.6) is 0 Å². The number of rotatable bonds is 3. The van der Waals surface area contributed by atoms with Gasteiger partial charge in [-0.05, 0) is 49.9 Å². The Balaban J connectivity index is 1.80. The van der Waals surface area contributed by atoms with Gasteiger partial charge in [-0.15, -0.1) is 0 Å². The fraction of sp³-hybridized carbons (Fsp3) is 0.647. The van der Waals surface area contributed by atoms with Gasteiger partial charge in [-0.2, -0.15) is 0 Å². The molecule has 21 heavy (non-hydrogen) atoms. The Morgan fingerprint density at radius 1 is 1.38 bits per heavy atom. The molecule has 2 aliphatic heterocycles. The van der Waals surface area contributed by atoms with E-state index < -0.39 is 0 Å². The smallest absolute Gasteiger partial charge is 0.0940 e. The van der Waals surface area contributed by atoms with Crippen LogP contribution in [0.3, 0.4) is 0 Å². The van der Waals surface area contributed by atoms with Gasteiger partial charge in [-0.1, -0.05) is 23.7 Å². The molecule has 3 atom stereocenters. The summed E-state index contributed by atoms with van der Waals surface area (Å²) in [6.45, 7) is 4.48. The van der Waals surface area contributed by atoms with Crippen LogP contribution >= 0.6 is 11.6 Å². The van der Waals surface area contributed by atoms with E-state index >= 15 is 0 Å². The van der Waals surface area contributed by atoms with Crippen LogP contribution in [0.15, 0.2) is 18.2 Å². The third-order valence-corrected chi connectivity index (χ3v) is 5.35. The minimum Gasteiger partial charge on any atom is -0.378 e. The molecule has 0 bridgehead atoms. The number of nitrogens with one attached hydrogen (secondary N) is 1. The standard InChI is InChI=1S/C17H24ClNO2/c1-12-9-13(3-4-15(12)18)16(19-2)14-5-7-21-17(10-14)6-8-20-11-17/h3-4,9,14,16,19H,5-8,10-11H2,1-2H3. The molecule has 0 aromatic heterocycles. The first-order chi connectivity index (χ1) is 10.1. The monoisotopic (exact) mass is 309 g/mol. The number of benzene rings is 1. The van der Waals surface area contributed by atoms with Gasteiger partial charge in [0.1, 0.15) is 0 Å². The first kappa shape index (κ1) is 15.3. The van der Waals surface area contributed by atoms with Gasteiger partial charge in [0.2, 0.25) is 0 Å². The molecule has 0 amide bonds. The molecule has 2 aliphatic rings. The summed E-state index contributed by atoms with van der Waals surface area (Å²) in [7, 11) is 2.04. The zero-order valence-electron chi connectivity index (χ0n) is 12.8. The van der Waals surface area contributed by atoms with Crippen molar-refractivity contribution in [3.05, 3.63) is 34.3 Å². The molecule has 2 fully saturated rings. The maximum Gasteiger partial charge on any atom is 0.0940 e. The quantitative estimate of drug-likeness (QED) is 0.927. The highest BCUT2D eigenvalue weighted by Crippen LogP contribution is 2.41. The predicted molar refractivity (Wildman–Crippen MR) is 84.8 cm³/mol. The maximum atomic E-state index is 6.16. The predicted octanol–water partition coefficient (Wildman–Crippen LogP) is 3.49. The Morgan fingerprint density at radius 2 is 2.24 bits per heavy atom. The van der Waals surface area contributed by atoms with Gasteiger partial charge in [0, 0.05) is 30.7 Å². The maximum absolute atomic E-state index is 6.16. The highest BCUT2D eigenvalue weighted by atomic mass is 35.5. The van der Waals surface area contributed by atoms with Gasteiger partial charge >= 0.3 is 0 Å². The van der Waals surface area contributed by atoms with E-state index in [0.29, 0.717) is 12.0 Å². The van der Waals surface area contributed by atoms with Crippen LogP contribution in [0.4, 0.5) is 0 Å². The van der Waals surface area contributed by atoms with Crippen molar-refractivity contribution in [2.45, 2.75) is 37.8 Å². The van der Waals surface area contributed by atoms with Gasteiger partial charge in [0.15, 0.2) is 0 Å². The number of hydrogen-bond acceptors (Lipinski definition) is 3. The second kappa shape index (κ2) is 6.25. The molecule has 116 valence electrons. The topological polar surface area (TPSA) is 30.5 Å². The minimum atomic E-state index is -0.0422. The van der Waals surface area contributed by atoms with Gasteiger partial charge in [-0.25, -0.2) is 0 Å². The molecule has 0 aliphatic carbocycles. The number of hydrogen-bond donors (Lipinski definition) is 1. The Labute approximate surface area is 132 Å². The highest BCUT2D eigenvalue weighted by Gasteiger charge is 2.43. The molecule has 0 saturated carbocycles. The van der Waals surface area contributed by atoms with Crippen molar-refractivity contribution >= 4 is 11.6 Å². The zero-order valence-corrected chi connectivity index (χ0v) is 13.6. The number of halogens is 1. The van der Waals surface area contributed by atoms with E-state index in [2.05, 4.69) is 24.4 Å². The molecule has 1 N–H and O–H groups in total. The molecule has 3 rings (SSSR count). The molecular weight excluding hydrogens is 286 g/mol. The summed E-state index contributed by atoms with van der Waals surface area (Å²) < 4.78 is 11.6. The van der Waals surface area contributed by atoms with E-state index in [0.717, 1.165) is 49.7 Å². The van der Waals surface area contributed by atoms with Crippen molar-refractivity contribution in [2.75, 3.05) is 26.9 Å². The van der Waals surface area contributed by atoms with Crippen LogP contribution in [-0.2, 0) is 9.47 Å². The first-order valence-electron chi connectivity index (χ1n) is 7.79. The van der Waals surface area contributed by atoms with Crippen molar-refractivity contribution < 1.29 is 9.47 Å². The van der Waals surface area contributed by atoms with E-state index in [4.69, 9.17) is 21.1 Å². The summed E-state index contributed by atoms with van der Waals surface area (Å²) in [6, 6.07) is 6.70. The Morgan fingerprint density at radius 3 is 2.90 bits per heavy atom. The summed E-state index contributed by atoms with van der Waals surface area (Å²) in [5, 5.41) is 4.34. The Kier molecular flexibility index (Phi) is 4.55. The lowest BCUT2D eigenvalue weighted by molar-refractivity contribution is -0.103. The van der Waals surface area contributed by atoms with Gasteiger partial charge in [0.05, 0.1) is 12.2 Å². The second-order valence-electron chi connectivity index (χ2n) is 6.36. The zero-order chi connectivity index (χ0) is 14.9. The van der Waals surface area contributed by atoms with Crippen LogP contribution in [0.1, 0.15) is 36.4 Å². The SMILES string of the molecule is CNC(c1ccc(Cl)c(C)c1)C1CCOC2(CCOC2)C1. The lowest BCUT2D eigenvalue weighted by Crippen LogP contribution is -2.43. The highest BCUT2D eigenvalue weighted by molar-refractivity contribution is 6.31. The molecule has 4 heteroatoms. The summed E-state index contributed by atoms with van der Waals surface area (Å²) in [6.07, 6.45) is 3.19. The number of aryl methyl sites for hydroxylation is 1. The fourth-order valence-electron chi connectivity index (χ4n) is 3.75. The molecule has 2 saturated heterocycles. The second-order valence-corrected chi connectivity index (χ2v) is 6.77. The molecule has 3 nitrogen and oxygen atoms in total. The Bertz CT molecular complexity index is 500. The van der Waals surface area contributed by atoms with Gasteiger partial charge < -0.3 is 14.8 Å². The summed E-state index contributed by atoms with van der Waals surface area (Å²) in [4.78, 5) is 0. The van der Waals surface area contributed by atoms with Crippen LogP contribution in [0, 0.1) is 12.8 Å². The van der Waals surface area contributed by atoms with E-state index in [1.54, 1.807) is 0 Å². The van der Waals surface area contributed by atoms with Gasteiger partial charge in [0.25, 0.3) is 0 Å². The summed E-state index contributed by atoms with van der Waals surface area (Å²) in [5.74, 6) is 0.575. The fourth-order valence-corrected chi connectivity index (χ4v) is 3.87. The minimum absolute atomic E-state index is 0.0422. The van der Waals surface area contributed by atoms with Crippen LogP contribution in [0.2, 0.25) is 5.02 Å². The molecule has 2 heterocycles. The van der Waals surface area contributed by atoms with Crippen molar-refractivity contribution in [3.63, 3.8) is 0 Å². The van der Waals surface area contributed by atoms with Crippen molar-refractivity contribution in [3.8, 4) is 0 Å². The van der Waals surface area contributed by atoms with Gasteiger partial charge in [-0.3, -0.25) is 0 Å². The number of ether oxygens (including phenoxy) is 2. The molecule has 1 spiro atoms. The van der Waals surface area contributed by atoms with Crippen molar-refractivity contribution in [1.82, 2.24) is 5.32 Å². The summed E-state index contributed by atoms with van der Waals surface area (Å²) in [5.41, 5.74) is 2.42. The van der Waals surface area contributed by atoms with E-state index in [-0.39, 0.29) is 5.60 Å². The van der Waals surface area contributed by atoms with Crippen LogP contribution < -0.4 is 5.32 Å².